The Hall–Kier alpha value is -3.04. The summed E-state index contributed by atoms with van der Waals surface area (Å²) >= 11 is 1.33. The molecule has 1 N–H and O–H groups in total. The Balaban J connectivity index is 1.69. The van der Waals surface area contributed by atoms with Crippen LogP contribution >= 0.6 is 11.3 Å². The summed E-state index contributed by atoms with van der Waals surface area (Å²) in [5.74, 6) is 1.24. The number of hydrogen-bond acceptors (Lipinski definition) is 7. The number of amides is 1. The Kier molecular flexibility index (Phi) is 7.54. The molecule has 7 nitrogen and oxygen atoms in total. The largest absolute Gasteiger partial charge is 0.497 e. The average molecular weight is 462 g/mol. The maximum absolute atomic E-state index is 13.3. The Morgan fingerprint density at radius 2 is 1.68 bits per heavy atom. The van der Waals surface area contributed by atoms with E-state index in [1.165, 1.54) is 30.6 Å². The number of thiophene rings is 1. The zero-order valence-corrected chi connectivity index (χ0v) is 18.7. The zero-order valence-electron chi connectivity index (χ0n) is 17.1. The zero-order chi connectivity index (χ0) is 22.3. The summed E-state index contributed by atoms with van der Waals surface area (Å²) in [6.07, 6.45) is 0. The van der Waals surface area contributed by atoms with Gasteiger partial charge in [0.1, 0.15) is 22.5 Å². The van der Waals surface area contributed by atoms with E-state index in [4.69, 9.17) is 14.2 Å². The Morgan fingerprint density at radius 3 is 2.32 bits per heavy atom. The van der Waals surface area contributed by atoms with Crippen LogP contribution in [0, 0.1) is 0 Å². The standard InChI is InChI=1S/C22H23NO6S2/c1-27-16-8-10-19(11-9-16)31(25,26)21(20-7-4-12-30-20)14-23-22(24)15-29-18-6-3-5-17(13-18)28-2/h3-13,21H,14-15H2,1-2H3,(H,23,24)/t21-/m0/s1. The molecule has 3 aromatic rings. The molecule has 9 heteroatoms. The monoisotopic (exact) mass is 461 g/mol. The SMILES string of the molecule is COc1ccc(S(=O)(=O)[C@@H](CNC(=O)COc2cccc(OC)c2)c2cccs2)cc1. The van der Waals surface area contributed by atoms with Gasteiger partial charge in [0.2, 0.25) is 0 Å². The van der Waals surface area contributed by atoms with Crippen molar-refractivity contribution in [2.24, 2.45) is 0 Å². The van der Waals surface area contributed by atoms with Gasteiger partial charge >= 0.3 is 0 Å². The molecule has 1 heterocycles. The maximum atomic E-state index is 13.3. The number of nitrogens with one attached hydrogen (secondary N) is 1. The van der Waals surface area contributed by atoms with Crippen LogP contribution in [-0.2, 0) is 14.6 Å². The van der Waals surface area contributed by atoms with Crippen molar-refractivity contribution < 1.29 is 27.4 Å². The van der Waals surface area contributed by atoms with Crippen LogP contribution in [0.3, 0.4) is 0 Å². The van der Waals surface area contributed by atoms with Crippen LogP contribution in [0.25, 0.3) is 0 Å². The van der Waals surface area contributed by atoms with E-state index in [0.29, 0.717) is 22.1 Å². The average Bonchev–Trinajstić information content (AvgIpc) is 3.32. The summed E-state index contributed by atoms with van der Waals surface area (Å²) in [5.41, 5.74) is 0. The first kappa shape index (κ1) is 22.6. The van der Waals surface area contributed by atoms with Gasteiger partial charge in [-0.3, -0.25) is 4.79 Å². The molecular weight excluding hydrogens is 438 g/mol. The van der Waals surface area contributed by atoms with Crippen molar-refractivity contribution in [3.8, 4) is 17.2 Å². The lowest BCUT2D eigenvalue weighted by Crippen LogP contribution is -2.34. The van der Waals surface area contributed by atoms with Crippen LogP contribution in [0.2, 0.25) is 0 Å². The van der Waals surface area contributed by atoms with Gasteiger partial charge in [-0.05, 0) is 47.8 Å². The molecule has 0 aliphatic carbocycles. The summed E-state index contributed by atoms with van der Waals surface area (Å²) in [5, 5.41) is 3.57. The van der Waals surface area contributed by atoms with Gasteiger partial charge < -0.3 is 19.5 Å². The minimum atomic E-state index is -3.74. The van der Waals surface area contributed by atoms with Gasteiger partial charge in [0.05, 0.1) is 19.1 Å². The normalized spacial score (nSPS) is 12.1. The third-order valence-electron chi connectivity index (χ3n) is 4.52. The third kappa shape index (κ3) is 5.77. The molecule has 0 bridgehead atoms. The number of carbonyl (C=O) groups excluding carboxylic acids is 1. The first-order valence-corrected chi connectivity index (χ1v) is 11.8. The topological polar surface area (TPSA) is 90.9 Å². The van der Waals surface area contributed by atoms with Crippen LogP contribution in [0.5, 0.6) is 17.2 Å². The number of benzene rings is 2. The molecule has 164 valence electrons. The molecule has 0 saturated heterocycles. The lowest BCUT2D eigenvalue weighted by Gasteiger charge is -2.18. The highest BCUT2D eigenvalue weighted by Gasteiger charge is 2.30. The fourth-order valence-electron chi connectivity index (χ4n) is 2.86. The molecule has 3 rings (SSSR count). The molecular formula is C22H23NO6S2. The van der Waals surface area contributed by atoms with Crippen molar-refractivity contribution >= 4 is 27.1 Å². The number of methoxy groups -OCH3 is 2. The summed E-state index contributed by atoms with van der Waals surface area (Å²) < 4.78 is 42.2. The molecule has 0 saturated carbocycles. The Labute approximate surface area is 185 Å². The van der Waals surface area contributed by atoms with Gasteiger partial charge in [-0.2, -0.15) is 0 Å². The minimum Gasteiger partial charge on any atom is -0.497 e. The number of sulfone groups is 1. The molecule has 31 heavy (non-hydrogen) atoms. The number of ether oxygens (including phenoxy) is 3. The van der Waals surface area contributed by atoms with Crippen molar-refractivity contribution in [1.82, 2.24) is 5.32 Å². The summed E-state index contributed by atoms with van der Waals surface area (Å²) in [7, 11) is -0.682. The Morgan fingerprint density at radius 1 is 0.968 bits per heavy atom. The van der Waals surface area contributed by atoms with Crippen LogP contribution in [0.4, 0.5) is 0 Å². The number of hydrogen-bond donors (Lipinski definition) is 1. The highest BCUT2D eigenvalue weighted by Crippen LogP contribution is 2.32. The van der Waals surface area contributed by atoms with Gasteiger partial charge in [-0.1, -0.05) is 12.1 Å². The summed E-state index contributed by atoms with van der Waals surface area (Å²) in [4.78, 5) is 13.1. The lowest BCUT2D eigenvalue weighted by molar-refractivity contribution is -0.123. The van der Waals surface area contributed by atoms with Crippen LogP contribution in [0.1, 0.15) is 10.1 Å². The van der Waals surface area contributed by atoms with Crippen molar-refractivity contribution in [2.45, 2.75) is 10.1 Å². The lowest BCUT2D eigenvalue weighted by atomic mass is 10.3. The van der Waals surface area contributed by atoms with Crippen molar-refractivity contribution in [3.63, 3.8) is 0 Å². The second kappa shape index (κ2) is 10.3. The minimum absolute atomic E-state index is 0.0742. The number of carbonyl (C=O) groups is 1. The van der Waals surface area contributed by atoms with E-state index in [-0.39, 0.29) is 18.0 Å². The van der Waals surface area contributed by atoms with E-state index >= 15 is 0 Å². The first-order valence-electron chi connectivity index (χ1n) is 9.39. The van der Waals surface area contributed by atoms with E-state index in [9.17, 15) is 13.2 Å². The van der Waals surface area contributed by atoms with Gasteiger partial charge in [-0.25, -0.2) is 8.42 Å². The van der Waals surface area contributed by atoms with Gasteiger partial charge in [0.25, 0.3) is 5.91 Å². The maximum Gasteiger partial charge on any atom is 0.257 e. The van der Waals surface area contributed by atoms with Crippen molar-refractivity contribution in [3.05, 3.63) is 70.9 Å². The molecule has 0 unspecified atom stereocenters. The van der Waals surface area contributed by atoms with Gasteiger partial charge in [0.15, 0.2) is 16.4 Å². The van der Waals surface area contributed by atoms with Crippen molar-refractivity contribution in [2.75, 3.05) is 27.4 Å². The molecule has 0 spiro atoms. The predicted molar refractivity (Wildman–Crippen MR) is 119 cm³/mol. The first-order chi connectivity index (χ1) is 14.9. The fourth-order valence-corrected chi connectivity index (χ4v) is 5.65. The molecule has 0 aliphatic heterocycles. The quantitative estimate of drug-likeness (QED) is 0.497. The second-order valence-corrected chi connectivity index (χ2v) is 9.61. The third-order valence-corrected chi connectivity index (χ3v) is 7.75. The van der Waals surface area contributed by atoms with Crippen LogP contribution in [0.15, 0.2) is 70.9 Å². The van der Waals surface area contributed by atoms with E-state index < -0.39 is 21.0 Å². The predicted octanol–water partition coefficient (Wildman–Crippen LogP) is 3.48. The molecule has 0 fully saturated rings. The Bertz CT molecular complexity index is 1100. The second-order valence-electron chi connectivity index (χ2n) is 6.50. The highest BCUT2D eigenvalue weighted by atomic mass is 32.2. The van der Waals surface area contributed by atoms with E-state index in [2.05, 4.69) is 5.32 Å². The molecule has 0 radical (unpaired) electrons. The summed E-state index contributed by atoms with van der Waals surface area (Å²) in [6, 6.07) is 16.6. The van der Waals surface area contributed by atoms with Crippen LogP contribution in [-0.4, -0.2) is 41.7 Å². The van der Waals surface area contributed by atoms with E-state index in [1.54, 1.807) is 61.0 Å². The van der Waals surface area contributed by atoms with E-state index in [0.717, 1.165) is 0 Å². The summed E-state index contributed by atoms with van der Waals surface area (Å²) in [6.45, 7) is -0.317. The fraction of sp³-hybridized carbons (Fsp3) is 0.227. The molecule has 0 aliphatic rings. The molecule has 1 aromatic heterocycles. The molecule has 1 amide bonds. The van der Waals surface area contributed by atoms with Gasteiger partial charge in [0, 0.05) is 17.5 Å². The smallest absolute Gasteiger partial charge is 0.257 e. The van der Waals surface area contributed by atoms with E-state index in [1.807, 2.05) is 0 Å². The highest BCUT2D eigenvalue weighted by molar-refractivity contribution is 7.91. The van der Waals surface area contributed by atoms with Gasteiger partial charge in [-0.15, -0.1) is 11.3 Å². The molecule has 1 atom stereocenters. The number of rotatable bonds is 10. The molecule has 2 aromatic carbocycles. The van der Waals surface area contributed by atoms with Crippen LogP contribution < -0.4 is 19.5 Å². The van der Waals surface area contributed by atoms with Crippen molar-refractivity contribution in [1.29, 1.82) is 0 Å².